The van der Waals surface area contributed by atoms with Gasteiger partial charge < -0.3 is 15.5 Å². The number of carbonyl (C=O) groups is 1. The zero-order chi connectivity index (χ0) is 12.9. The van der Waals surface area contributed by atoms with Crippen molar-refractivity contribution in [2.24, 2.45) is 5.92 Å². The molecular weight excluding hydrogens is 218 g/mol. The van der Waals surface area contributed by atoms with E-state index in [0.717, 1.165) is 0 Å². The summed E-state index contributed by atoms with van der Waals surface area (Å²) in [6, 6.07) is 0.182. The van der Waals surface area contributed by atoms with Crippen molar-refractivity contribution in [2.45, 2.75) is 50.7 Å². The van der Waals surface area contributed by atoms with E-state index in [2.05, 4.69) is 11.2 Å². The number of hydrogen-bond acceptors (Lipinski definition) is 3. The maximum absolute atomic E-state index is 10.8. The van der Waals surface area contributed by atoms with Crippen molar-refractivity contribution >= 4 is 5.97 Å². The van der Waals surface area contributed by atoms with Crippen LogP contribution in [0, 0.1) is 18.3 Å². The molecule has 3 N–H and O–H groups in total. The van der Waals surface area contributed by atoms with Crippen LogP contribution in [-0.4, -0.2) is 34.4 Å². The van der Waals surface area contributed by atoms with Gasteiger partial charge in [-0.3, -0.25) is 4.79 Å². The minimum absolute atomic E-state index is 0.182. The van der Waals surface area contributed by atoms with Gasteiger partial charge in [0.25, 0.3) is 0 Å². The maximum Gasteiger partial charge on any atom is 0.306 e. The number of rotatable bonds is 5. The average molecular weight is 239 g/mol. The van der Waals surface area contributed by atoms with Crippen LogP contribution in [0.25, 0.3) is 0 Å². The summed E-state index contributed by atoms with van der Waals surface area (Å²) in [6.07, 6.45) is 8.03. The molecule has 96 valence electrons. The predicted octanol–water partition coefficient (Wildman–Crippen LogP) is 0.994. The SMILES string of the molecule is C#CCC(C)NCC1(O)CCC(C(=O)O)CC1. The van der Waals surface area contributed by atoms with E-state index >= 15 is 0 Å². The summed E-state index contributed by atoms with van der Waals surface area (Å²) in [6.45, 7) is 2.47. The van der Waals surface area contributed by atoms with Crippen molar-refractivity contribution in [3.05, 3.63) is 0 Å². The molecule has 0 aliphatic heterocycles. The van der Waals surface area contributed by atoms with Crippen molar-refractivity contribution < 1.29 is 15.0 Å². The van der Waals surface area contributed by atoms with E-state index in [0.29, 0.717) is 38.6 Å². The molecule has 1 aliphatic carbocycles. The summed E-state index contributed by atoms with van der Waals surface area (Å²) < 4.78 is 0. The van der Waals surface area contributed by atoms with Gasteiger partial charge in [-0.25, -0.2) is 0 Å². The van der Waals surface area contributed by atoms with Crippen molar-refractivity contribution in [1.82, 2.24) is 5.32 Å². The van der Waals surface area contributed by atoms with Crippen molar-refractivity contribution in [3.63, 3.8) is 0 Å². The Morgan fingerprint density at radius 2 is 2.18 bits per heavy atom. The molecule has 0 bridgehead atoms. The molecule has 1 aliphatic rings. The lowest BCUT2D eigenvalue weighted by Gasteiger charge is -2.35. The molecule has 1 rings (SSSR count). The van der Waals surface area contributed by atoms with Gasteiger partial charge in [-0.1, -0.05) is 0 Å². The molecular formula is C13H21NO3. The normalized spacial score (nSPS) is 30.5. The zero-order valence-electron chi connectivity index (χ0n) is 10.3. The Morgan fingerprint density at radius 3 is 2.65 bits per heavy atom. The summed E-state index contributed by atoms with van der Waals surface area (Å²) in [4.78, 5) is 10.8. The zero-order valence-corrected chi connectivity index (χ0v) is 10.3. The van der Waals surface area contributed by atoms with Gasteiger partial charge >= 0.3 is 5.97 Å². The van der Waals surface area contributed by atoms with Crippen molar-refractivity contribution in [3.8, 4) is 12.3 Å². The van der Waals surface area contributed by atoms with E-state index < -0.39 is 11.6 Å². The van der Waals surface area contributed by atoms with Gasteiger partial charge in [-0.05, 0) is 32.6 Å². The minimum atomic E-state index is -0.769. The molecule has 4 nitrogen and oxygen atoms in total. The Balaban J connectivity index is 2.35. The molecule has 0 amide bonds. The van der Waals surface area contributed by atoms with E-state index in [1.54, 1.807) is 0 Å². The quantitative estimate of drug-likeness (QED) is 0.626. The molecule has 1 saturated carbocycles. The molecule has 1 atom stereocenters. The van der Waals surface area contributed by atoms with Gasteiger partial charge in [0.2, 0.25) is 0 Å². The van der Waals surface area contributed by atoms with Gasteiger partial charge in [0, 0.05) is 19.0 Å². The Labute approximate surface area is 102 Å². The summed E-state index contributed by atoms with van der Waals surface area (Å²) in [5.74, 6) is 1.53. The summed E-state index contributed by atoms with van der Waals surface area (Å²) >= 11 is 0. The monoisotopic (exact) mass is 239 g/mol. The Kier molecular flexibility index (Phi) is 4.98. The first-order chi connectivity index (χ1) is 7.97. The van der Waals surface area contributed by atoms with Gasteiger partial charge in [0.1, 0.15) is 0 Å². The molecule has 0 aromatic heterocycles. The van der Waals surface area contributed by atoms with Crippen LogP contribution in [0.5, 0.6) is 0 Å². The fourth-order valence-electron chi connectivity index (χ4n) is 2.19. The number of aliphatic carboxylic acids is 1. The maximum atomic E-state index is 10.8. The standard InChI is InChI=1S/C13H21NO3/c1-3-4-10(2)14-9-13(17)7-5-11(6-8-13)12(15)16/h1,10-11,14,17H,4-9H2,2H3,(H,15,16). The highest BCUT2D eigenvalue weighted by atomic mass is 16.4. The molecule has 4 heteroatoms. The fraction of sp³-hybridized carbons (Fsp3) is 0.769. The van der Waals surface area contributed by atoms with E-state index in [-0.39, 0.29) is 12.0 Å². The highest BCUT2D eigenvalue weighted by Crippen LogP contribution is 2.31. The van der Waals surface area contributed by atoms with Crippen LogP contribution < -0.4 is 5.32 Å². The number of aliphatic hydroxyl groups is 1. The van der Waals surface area contributed by atoms with E-state index in [1.165, 1.54) is 0 Å². The number of terminal acetylenes is 1. The van der Waals surface area contributed by atoms with Gasteiger partial charge in [-0.2, -0.15) is 0 Å². The van der Waals surface area contributed by atoms with Gasteiger partial charge in [0.05, 0.1) is 11.5 Å². The van der Waals surface area contributed by atoms with Gasteiger partial charge in [-0.15, -0.1) is 12.3 Å². The lowest BCUT2D eigenvalue weighted by molar-refractivity contribution is -0.144. The van der Waals surface area contributed by atoms with Crippen molar-refractivity contribution in [1.29, 1.82) is 0 Å². The summed E-state index contributed by atoms with van der Waals surface area (Å²) in [7, 11) is 0. The van der Waals surface area contributed by atoms with E-state index in [1.807, 2.05) is 6.92 Å². The fourth-order valence-corrected chi connectivity index (χ4v) is 2.19. The summed E-state index contributed by atoms with van der Waals surface area (Å²) in [5.41, 5.74) is -0.769. The minimum Gasteiger partial charge on any atom is -0.481 e. The molecule has 0 spiro atoms. The van der Waals surface area contributed by atoms with Crippen LogP contribution >= 0.6 is 0 Å². The van der Waals surface area contributed by atoms with Crippen LogP contribution in [0.2, 0.25) is 0 Å². The van der Waals surface area contributed by atoms with Crippen LogP contribution in [0.15, 0.2) is 0 Å². The third-order valence-electron chi connectivity index (χ3n) is 3.47. The molecule has 17 heavy (non-hydrogen) atoms. The first-order valence-electron chi connectivity index (χ1n) is 6.09. The van der Waals surface area contributed by atoms with Crippen LogP contribution in [0.3, 0.4) is 0 Å². The van der Waals surface area contributed by atoms with Crippen LogP contribution in [0.1, 0.15) is 39.0 Å². The largest absolute Gasteiger partial charge is 0.481 e. The number of carboxylic acid groups (broad SMARTS) is 1. The average Bonchev–Trinajstić information content (AvgIpc) is 2.28. The lowest BCUT2D eigenvalue weighted by atomic mass is 9.78. The second-order valence-electron chi connectivity index (χ2n) is 5.03. The Morgan fingerprint density at radius 1 is 1.59 bits per heavy atom. The Hall–Kier alpha value is -1.05. The summed E-state index contributed by atoms with van der Waals surface area (Å²) in [5, 5.41) is 22.4. The van der Waals surface area contributed by atoms with Crippen LogP contribution in [0.4, 0.5) is 0 Å². The van der Waals surface area contributed by atoms with E-state index in [9.17, 15) is 9.90 Å². The molecule has 0 aromatic rings. The third-order valence-corrected chi connectivity index (χ3v) is 3.47. The lowest BCUT2D eigenvalue weighted by Crippen LogP contribution is -2.46. The molecule has 0 heterocycles. The highest BCUT2D eigenvalue weighted by Gasteiger charge is 2.35. The van der Waals surface area contributed by atoms with E-state index in [4.69, 9.17) is 11.5 Å². The molecule has 0 saturated heterocycles. The topological polar surface area (TPSA) is 69.6 Å². The van der Waals surface area contributed by atoms with Crippen molar-refractivity contribution in [2.75, 3.05) is 6.54 Å². The smallest absolute Gasteiger partial charge is 0.306 e. The Bertz CT molecular complexity index is 300. The number of hydrogen-bond donors (Lipinski definition) is 3. The van der Waals surface area contributed by atoms with Crippen LogP contribution in [-0.2, 0) is 4.79 Å². The second kappa shape index (κ2) is 6.04. The highest BCUT2D eigenvalue weighted by molar-refractivity contribution is 5.70. The molecule has 0 radical (unpaired) electrons. The third kappa shape index (κ3) is 4.37. The first-order valence-corrected chi connectivity index (χ1v) is 6.09. The molecule has 1 fully saturated rings. The predicted molar refractivity (Wildman–Crippen MR) is 65.5 cm³/mol. The number of carboxylic acids is 1. The number of nitrogens with one attached hydrogen (secondary N) is 1. The molecule has 1 unspecified atom stereocenters. The first kappa shape index (κ1) is 14.0. The molecule has 0 aromatic carbocycles. The van der Waals surface area contributed by atoms with Gasteiger partial charge in [0.15, 0.2) is 0 Å². The second-order valence-corrected chi connectivity index (χ2v) is 5.03.